The van der Waals surface area contributed by atoms with Crippen LogP contribution in [0.5, 0.6) is 0 Å². The molecule has 0 aliphatic heterocycles. The quantitative estimate of drug-likeness (QED) is 0.310. The summed E-state index contributed by atoms with van der Waals surface area (Å²) in [5.41, 5.74) is 0. The predicted molar refractivity (Wildman–Crippen MR) is 20.8 cm³/mol. The van der Waals surface area contributed by atoms with E-state index in [1.807, 2.05) is 0 Å². The molecule has 0 heterocycles. The number of rotatable bonds is 2. The zero-order chi connectivity index (χ0) is 8.36. The molecule has 0 aromatic carbocycles. The van der Waals surface area contributed by atoms with Crippen molar-refractivity contribution < 1.29 is 81.5 Å². The SMILES string of the molecule is O=[S-](=O)OC(F)C(F)(F)F.[K+]. The van der Waals surface area contributed by atoms with Gasteiger partial charge in [-0.05, 0) is 0 Å². The molecule has 3 nitrogen and oxygen atoms in total. The Morgan fingerprint density at radius 3 is 1.73 bits per heavy atom. The molecule has 1 atom stereocenters. The molecule has 0 aliphatic carbocycles. The predicted octanol–water partition coefficient (Wildman–Crippen LogP) is -1.91. The van der Waals surface area contributed by atoms with Crippen molar-refractivity contribution in [2.45, 2.75) is 12.5 Å². The molecule has 11 heavy (non-hydrogen) atoms. The molecule has 0 radical (unpaired) electrons. The molecule has 0 aliphatic rings. The van der Waals surface area contributed by atoms with Crippen LogP contribution in [0.3, 0.4) is 0 Å². The van der Waals surface area contributed by atoms with Gasteiger partial charge in [-0.25, -0.2) is 4.39 Å². The molecule has 0 amide bonds. The Balaban J connectivity index is 0. The fraction of sp³-hybridized carbons (Fsp3) is 1.00. The Morgan fingerprint density at radius 2 is 1.64 bits per heavy atom. The van der Waals surface area contributed by atoms with Crippen molar-refractivity contribution in [2.75, 3.05) is 0 Å². The van der Waals surface area contributed by atoms with Crippen LogP contribution < -0.4 is 51.4 Å². The minimum Gasteiger partial charge on any atom is -0.397 e. The van der Waals surface area contributed by atoms with Gasteiger partial charge in [0.05, 0.1) is 11.0 Å². The molecule has 0 rings (SSSR count). The van der Waals surface area contributed by atoms with Gasteiger partial charge in [-0.2, -0.15) is 13.2 Å². The van der Waals surface area contributed by atoms with Crippen LogP contribution in [-0.4, -0.2) is 12.5 Å². The average Bonchev–Trinajstić information content (AvgIpc) is 1.60. The minimum atomic E-state index is -5.29. The van der Waals surface area contributed by atoms with Gasteiger partial charge >= 0.3 is 57.6 Å². The van der Waals surface area contributed by atoms with E-state index < -0.39 is 23.5 Å². The molecule has 0 aromatic rings. The third-order valence-corrected chi connectivity index (χ3v) is 0.746. The van der Waals surface area contributed by atoms with Gasteiger partial charge in [0.2, 0.25) is 0 Å². The fourth-order valence-corrected chi connectivity index (χ4v) is 0.371. The summed E-state index contributed by atoms with van der Waals surface area (Å²) in [5, 5.41) is 0. The Hall–Kier alpha value is 1.27. The van der Waals surface area contributed by atoms with E-state index in [2.05, 4.69) is 4.18 Å². The van der Waals surface area contributed by atoms with Gasteiger partial charge in [0.15, 0.2) is 0 Å². The van der Waals surface area contributed by atoms with Crippen LogP contribution in [0.1, 0.15) is 0 Å². The van der Waals surface area contributed by atoms with E-state index in [0.29, 0.717) is 0 Å². The van der Waals surface area contributed by atoms with Gasteiger partial charge in [0, 0.05) is 0 Å². The topological polar surface area (TPSA) is 43.4 Å². The monoisotopic (exact) mass is 220 g/mol. The first-order valence-corrected chi connectivity index (χ1v) is 2.81. The second-order valence-electron chi connectivity index (χ2n) is 1.16. The van der Waals surface area contributed by atoms with Gasteiger partial charge < -0.3 is 12.6 Å². The molecule has 0 bridgehead atoms. The van der Waals surface area contributed by atoms with E-state index >= 15 is 0 Å². The molecular formula is C2HF4KO3S. The fourth-order valence-electron chi connectivity index (χ4n) is 0.124. The first-order chi connectivity index (χ1) is 4.34. The summed E-state index contributed by atoms with van der Waals surface area (Å²) >= 11 is 0. The van der Waals surface area contributed by atoms with Crippen molar-refractivity contribution in [2.24, 2.45) is 0 Å². The van der Waals surface area contributed by atoms with Crippen LogP contribution in [0.4, 0.5) is 17.6 Å². The van der Waals surface area contributed by atoms with Crippen LogP contribution >= 0.6 is 0 Å². The molecule has 0 spiro atoms. The van der Waals surface area contributed by atoms with Crippen molar-refractivity contribution in [1.29, 1.82) is 0 Å². The van der Waals surface area contributed by atoms with Gasteiger partial charge in [0.25, 0.3) is 6.36 Å². The second-order valence-corrected chi connectivity index (χ2v) is 1.76. The van der Waals surface area contributed by atoms with E-state index in [1.54, 1.807) is 0 Å². The van der Waals surface area contributed by atoms with Crippen LogP contribution in [0.15, 0.2) is 0 Å². The summed E-state index contributed by atoms with van der Waals surface area (Å²) < 4.78 is 65.9. The van der Waals surface area contributed by atoms with E-state index in [4.69, 9.17) is 0 Å². The van der Waals surface area contributed by atoms with E-state index in [-0.39, 0.29) is 51.4 Å². The normalized spacial score (nSPS) is 14.3. The summed E-state index contributed by atoms with van der Waals surface area (Å²) in [6, 6.07) is 0. The zero-order valence-electron chi connectivity index (χ0n) is 5.22. The molecule has 62 valence electrons. The maximum absolute atomic E-state index is 11.4. The molecule has 9 heteroatoms. The molecule has 0 saturated carbocycles. The Kier molecular flexibility index (Phi) is 7.84. The van der Waals surface area contributed by atoms with Crippen molar-refractivity contribution in [1.82, 2.24) is 0 Å². The van der Waals surface area contributed by atoms with Gasteiger partial charge in [-0.15, -0.1) is 0 Å². The van der Waals surface area contributed by atoms with Crippen molar-refractivity contribution in [3.05, 3.63) is 0 Å². The Bertz CT molecular complexity index is 169. The molecule has 0 saturated heterocycles. The first-order valence-electron chi connectivity index (χ1n) is 1.81. The van der Waals surface area contributed by atoms with Crippen molar-refractivity contribution >= 4 is 11.0 Å². The van der Waals surface area contributed by atoms with Crippen molar-refractivity contribution in [3.8, 4) is 0 Å². The minimum absolute atomic E-state index is 0. The van der Waals surface area contributed by atoms with E-state index in [0.717, 1.165) is 0 Å². The maximum Gasteiger partial charge on any atom is 1.00 e. The van der Waals surface area contributed by atoms with Crippen molar-refractivity contribution in [3.63, 3.8) is 0 Å². The van der Waals surface area contributed by atoms with Gasteiger partial charge in [0.1, 0.15) is 0 Å². The molecular weight excluding hydrogens is 219 g/mol. The van der Waals surface area contributed by atoms with E-state index in [1.165, 1.54) is 0 Å². The number of alkyl halides is 4. The molecule has 1 unspecified atom stereocenters. The van der Waals surface area contributed by atoms with Gasteiger partial charge in [-0.1, -0.05) is 0 Å². The number of halogens is 4. The zero-order valence-corrected chi connectivity index (χ0v) is 9.16. The third-order valence-electron chi connectivity index (χ3n) is 0.420. The number of hydrogen-bond donors (Lipinski definition) is 0. The van der Waals surface area contributed by atoms with Crippen LogP contribution in [-0.2, 0) is 23.6 Å². The van der Waals surface area contributed by atoms with Crippen LogP contribution in [0.25, 0.3) is 0 Å². The largest absolute Gasteiger partial charge is 1.00 e. The van der Waals surface area contributed by atoms with Crippen LogP contribution in [0.2, 0.25) is 0 Å². The first kappa shape index (κ1) is 14.8. The Labute approximate surface area is 104 Å². The van der Waals surface area contributed by atoms with Gasteiger partial charge in [-0.3, -0.25) is 0 Å². The molecule has 0 fully saturated rings. The van der Waals surface area contributed by atoms with E-state index in [9.17, 15) is 26.0 Å². The summed E-state index contributed by atoms with van der Waals surface area (Å²) in [4.78, 5) is 0. The number of hydrogen-bond acceptors (Lipinski definition) is 4. The summed E-state index contributed by atoms with van der Waals surface area (Å²) in [7, 11) is -3.49. The summed E-state index contributed by atoms with van der Waals surface area (Å²) in [5.74, 6) is 0. The third kappa shape index (κ3) is 7.62. The standard InChI is InChI=1S/C2HF4O3S.K/c3-1(2(4,5)6)9-10(7)8;/h1H;/q-1;+1. The Morgan fingerprint density at radius 1 is 1.27 bits per heavy atom. The second kappa shape index (κ2) is 5.83. The smallest absolute Gasteiger partial charge is 0.397 e. The average molecular weight is 220 g/mol. The summed E-state index contributed by atoms with van der Waals surface area (Å²) in [6.07, 6.45) is -9.06. The molecule has 0 aromatic heterocycles. The summed E-state index contributed by atoms with van der Waals surface area (Å²) in [6.45, 7) is 0. The van der Waals surface area contributed by atoms with Crippen LogP contribution in [0, 0.1) is 0 Å². The maximum atomic E-state index is 11.4. The molecule has 0 N–H and O–H groups in total.